The van der Waals surface area contributed by atoms with Gasteiger partial charge in [-0.2, -0.15) is 0 Å². The number of carbonyl (C=O) groups excluding carboxylic acids is 1. The van der Waals surface area contributed by atoms with E-state index in [-0.39, 0.29) is 0 Å². The molecule has 1 aliphatic heterocycles. The van der Waals surface area contributed by atoms with Crippen molar-refractivity contribution in [2.45, 2.75) is 25.8 Å². The number of piperidine rings is 1. The zero-order valence-electron chi connectivity index (χ0n) is 8.11. The molecule has 0 saturated carbocycles. The number of carbonyl (C=O) groups is 1. The number of nitrogens with zero attached hydrogens (tertiary/aromatic N) is 2. The van der Waals surface area contributed by atoms with E-state index in [1.165, 1.54) is 19.3 Å². The molecule has 0 aromatic carbocycles. The summed E-state index contributed by atoms with van der Waals surface area (Å²) >= 11 is 0. The van der Waals surface area contributed by atoms with Crippen molar-refractivity contribution in [1.29, 1.82) is 0 Å². The van der Waals surface area contributed by atoms with Gasteiger partial charge in [-0.1, -0.05) is 11.6 Å². The number of hydrogen-bond donors (Lipinski definition) is 0. The largest absolute Gasteiger partial charge is 0.359 e. The summed E-state index contributed by atoms with van der Waals surface area (Å²) in [6, 6.07) is 1.71. The molecule has 0 amide bonds. The van der Waals surface area contributed by atoms with Gasteiger partial charge in [-0.05, 0) is 25.9 Å². The Kier molecular flexibility index (Phi) is 2.93. The molecule has 0 unspecified atom stereocenters. The molecule has 2 heterocycles. The number of likely N-dealkylation sites (tertiary alicyclic amines) is 1. The highest BCUT2D eigenvalue weighted by molar-refractivity contribution is 5.71. The third-order valence-corrected chi connectivity index (χ3v) is 2.53. The molecule has 76 valence electrons. The van der Waals surface area contributed by atoms with Crippen molar-refractivity contribution >= 4 is 6.29 Å². The lowest BCUT2D eigenvalue weighted by molar-refractivity contribution is 0.111. The Bertz CT molecular complexity index is 303. The Morgan fingerprint density at radius 1 is 1.43 bits per heavy atom. The fourth-order valence-corrected chi connectivity index (χ4v) is 1.80. The Balaban J connectivity index is 1.92. The first-order valence-corrected chi connectivity index (χ1v) is 5.01. The molecule has 2 rings (SSSR count). The minimum atomic E-state index is 0.386. The number of aldehydes is 1. The van der Waals surface area contributed by atoms with Gasteiger partial charge in [0.15, 0.2) is 12.0 Å². The van der Waals surface area contributed by atoms with Crippen molar-refractivity contribution in [1.82, 2.24) is 10.1 Å². The number of hydrogen-bond acceptors (Lipinski definition) is 4. The van der Waals surface area contributed by atoms with Crippen molar-refractivity contribution in [3.8, 4) is 0 Å². The van der Waals surface area contributed by atoms with Gasteiger partial charge in [0.1, 0.15) is 5.69 Å². The van der Waals surface area contributed by atoms with Gasteiger partial charge in [0.2, 0.25) is 0 Å². The first kappa shape index (κ1) is 9.40. The molecule has 1 saturated heterocycles. The van der Waals surface area contributed by atoms with Crippen LogP contribution in [0.5, 0.6) is 0 Å². The molecular weight excluding hydrogens is 180 g/mol. The molecule has 0 aliphatic carbocycles. The second-order valence-electron chi connectivity index (χ2n) is 3.67. The highest BCUT2D eigenvalue weighted by Gasteiger charge is 2.12. The number of aromatic nitrogens is 1. The highest BCUT2D eigenvalue weighted by atomic mass is 16.5. The fraction of sp³-hybridized carbons (Fsp3) is 0.600. The Labute approximate surface area is 82.9 Å². The lowest BCUT2D eigenvalue weighted by Crippen LogP contribution is -2.28. The maximum Gasteiger partial charge on any atom is 0.171 e. The predicted octanol–water partition coefficient (Wildman–Crippen LogP) is 1.47. The SMILES string of the molecule is O=Cc1cc(CN2CCCCC2)on1. The van der Waals surface area contributed by atoms with E-state index in [0.717, 1.165) is 25.4 Å². The smallest absolute Gasteiger partial charge is 0.171 e. The van der Waals surface area contributed by atoms with E-state index in [2.05, 4.69) is 10.1 Å². The Morgan fingerprint density at radius 3 is 2.86 bits per heavy atom. The van der Waals surface area contributed by atoms with Gasteiger partial charge in [0.25, 0.3) is 0 Å². The van der Waals surface area contributed by atoms with Gasteiger partial charge in [-0.3, -0.25) is 9.69 Å². The van der Waals surface area contributed by atoms with Gasteiger partial charge in [0.05, 0.1) is 6.54 Å². The van der Waals surface area contributed by atoms with Crippen molar-refractivity contribution in [2.75, 3.05) is 13.1 Å². The zero-order valence-corrected chi connectivity index (χ0v) is 8.11. The molecule has 1 fully saturated rings. The van der Waals surface area contributed by atoms with E-state index < -0.39 is 0 Å². The molecule has 0 N–H and O–H groups in total. The summed E-state index contributed by atoms with van der Waals surface area (Å²) in [5.41, 5.74) is 0.386. The van der Waals surface area contributed by atoms with Crippen LogP contribution < -0.4 is 0 Å². The van der Waals surface area contributed by atoms with Gasteiger partial charge < -0.3 is 4.52 Å². The predicted molar refractivity (Wildman–Crippen MR) is 51.0 cm³/mol. The van der Waals surface area contributed by atoms with Crippen LogP contribution in [0.3, 0.4) is 0 Å². The van der Waals surface area contributed by atoms with Crippen LogP contribution in [0, 0.1) is 0 Å². The van der Waals surface area contributed by atoms with E-state index in [1.54, 1.807) is 6.07 Å². The zero-order chi connectivity index (χ0) is 9.80. The summed E-state index contributed by atoms with van der Waals surface area (Å²) in [5.74, 6) is 0.786. The van der Waals surface area contributed by atoms with E-state index in [4.69, 9.17) is 4.52 Å². The van der Waals surface area contributed by atoms with Crippen molar-refractivity contribution in [3.63, 3.8) is 0 Å². The minimum absolute atomic E-state index is 0.386. The third kappa shape index (κ3) is 2.20. The maximum absolute atomic E-state index is 10.4. The Morgan fingerprint density at radius 2 is 2.21 bits per heavy atom. The summed E-state index contributed by atoms with van der Waals surface area (Å²) < 4.78 is 5.04. The van der Waals surface area contributed by atoms with Crippen LogP contribution in [0.4, 0.5) is 0 Å². The monoisotopic (exact) mass is 194 g/mol. The summed E-state index contributed by atoms with van der Waals surface area (Å²) in [6.07, 6.45) is 4.55. The molecule has 0 spiro atoms. The Hall–Kier alpha value is -1.16. The molecule has 4 nitrogen and oxygen atoms in total. The van der Waals surface area contributed by atoms with Crippen LogP contribution in [0.2, 0.25) is 0 Å². The quantitative estimate of drug-likeness (QED) is 0.684. The van der Waals surface area contributed by atoms with Crippen molar-refractivity contribution in [3.05, 3.63) is 17.5 Å². The van der Waals surface area contributed by atoms with Crippen molar-refractivity contribution < 1.29 is 9.32 Å². The summed E-state index contributed by atoms with van der Waals surface area (Å²) in [6.45, 7) is 3.02. The first-order valence-electron chi connectivity index (χ1n) is 5.01. The second-order valence-corrected chi connectivity index (χ2v) is 3.67. The van der Waals surface area contributed by atoms with E-state index in [0.29, 0.717) is 12.0 Å². The second kappa shape index (κ2) is 4.37. The van der Waals surface area contributed by atoms with Crippen LogP contribution in [0.15, 0.2) is 10.6 Å². The molecule has 4 heteroatoms. The molecule has 0 radical (unpaired) electrons. The molecule has 0 atom stereocenters. The fourth-order valence-electron chi connectivity index (χ4n) is 1.80. The molecule has 1 aromatic rings. The summed E-state index contributed by atoms with van der Waals surface area (Å²) in [5, 5.41) is 3.63. The maximum atomic E-state index is 10.4. The van der Waals surface area contributed by atoms with Crippen LogP contribution in [0.25, 0.3) is 0 Å². The van der Waals surface area contributed by atoms with Gasteiger partial charge in [-0.15, -0.1) is 0 Å². The van der Waals surface area contributed by atoms with Gasteiger partial charge in [-0.25, -0.2) is 0 Å². The normalized spacial score (nSPS) is 18.3. The van der Waals surface area contributed by atoms with Crippen molar-refractivity contribution in [2.24, 2.45) is 0 Å². The van der Waals surface area contributed by atoms with Gasteiger partial charge >= 0.3 is 0 Å². The minimum Gasteiger partial charge on any atom is -0.359 e. The van der Waals surface area contributed by atoms with Crippen LogP contribution >= 0.6 is 0 Å². The van der Waals surface area contributed by atoms with Crippen LogP contribution in [-0.2, 0) is 6.54 Å². The lowest BCUT2D eigenvalue weighted by Gasteiger charge is -2.24. The summed E-state index contributed by atoms with van der Waals surface area (Å²) in [7, 11) is 0. The van der Waals surface area contributed by atoms with E-state index in [1.807, 2.05) is 0 Å². The average molecular weight is 194 g/mol. The first-order chi connectivity index (χ1) is 6.88. The van der Waals surface area contributed by atoms with Crippen LogP contribution in [-0.4, -0.2) is 29.4 Å². The van der Waals surface area contributed by atoms with Gasteiger partial charge in [0, 0.05) is 6.07 Å². The molecule has 14 heavy (non-hydrogen) atoms. The molecule has 1 aliphatic rings. The third-order valence-electron chi connectivity index (χ3n) is 2.53. The van der Waals surface area contributed by atoms with E-state index in [9.17, 15) is 4.79 Å². The topological polar surface area (TPSA) is 46.3 Å². The number of rotatable bonds is 3. The molecular formula is C10H14N2O2. The average Bonchev–Trinajstić information content (AvgIpc) is 2.67. The highest BCUT2D eigenvalue weighted by Crippen LogP contribution is 2.13. The standard InChI is InChI=1S/C10H14N2O2/c13-8-9-6-10(14-11-9)7-12-4-2-1-3-5-12/h6,8H,1-5,7H2. The summed E-state index contributed by atoms with van der Waals surface area (Å²) in [4.78, 5) is 12.7. The lowest BCUT2D eigenvalue weighted by atomic mass is 10.1. The molecule has 0 bridgehead atoms. The molecule has 1 aromatic heterocycles. The van der Waals surface area contributed by atoms with E-state index >= 15 is 0 Å². The van der Waals surface area contributed by atoms with Crippen LogP contribution in [0.1, 0.15) is 35.5 Å².